The Morgan fingerprint density at radius 2 is 1.79 bits per heavy atom. The number of carbonyl (C=O) groups is 1. The molecule has 6 nitrogen and oxygen atoms in total. The highest BCUT2D eigenvalue weighted by atomic mass is 32.2. The van der Waals surface area contributed by atoms with E-state index in [4.69, 9.17) is 4.74 Å². The van der Waals surface area contributed by atoms with Gasteiger partial charge in [0, 0.05) is 31.2 Å². The Kier molecular flexibility index (Phi) is 6.34. The third kappa shape index (κ3) is 4.20. The van der Waals surface area contributed by atoms with Crippen LogP contribution in [0, 0.1) is 11.8 Å². The summed E-state index contributed by atoms with van der Waals surface area (Å²) in [7, 11) is -2.26. The molecule has 1 amide bonds. The molecular weight excluding hydrogens is 376 g/mol. The Bertz CT molecular complexity index is 814. The molecule has 0 bridgehead atoms. The van der Waals surface area contributed by atoms with Crippen molar-refractivity contribution in [3.8, 4) is 5.75 Å². The van der Waals surface area contributed by atoms with E-state index in [1.807, 2.05) is 11.8 Å². The van der Waals surface area contributed by atoms with Crippen molar-refractivity contribution in [2.75, 3.05) is 26.7 Å². The van der Waals surface area contributed by atoms with E-state index in [0.717, 1.165) is 25.7 Å². The second kappa shape index (κ2) is 8.41. The first kappa shape index (κ1) is 21.1. The van der Waals surface area contributed by atoms with Crippen LogP contribution in [-0.2, 0) is 10.0 Å². The fraction of sp³-hybridized carbons (Fsp3) is 0.667. The average molecular weight is 409 g/mol. The highest BCUT2D eigenvalue weighted by molar-refractivity contribution is 7.89. The first-order valence-corrected chi connectivity index (χ1v) is 11.7. The lowest BCUT2D eigenvalue weighted by molar-refractivity contribution is 0.0623. The number of hydrogen-bond donors (Lipinski definition) is 0. The minimum Gasteiger partial charge on any atom is -0.495 e. The first-order valence-electron chi connectivity index (χ1n) is 10.2. The maximum Gasteiger partial charge on any atom is 0.253 e. The summed E-state index contributed by atoms with van der Waals surface area (Å²) in [5.74, 6) is 1.07. The van der Waals surface area contributed by atoms with Gasteiger partial charge in [-0.25, -0.2) is 8.42 Å². The highest BCUT2D eigenvalue weighted by Gasteiger charge is 2.34. The number of rotatable bonds is 4. The fourth-order valence-corrected chi connectivity index (χ4v) is 6.46. The van der Waals surface area contributed by atoms with Gasteiger partial charge in [0.05, 0.1) is 7.11 Å². The maximum absolute atomic E-state index is 13.4. The zero-order chi connectivity index (χ0) is 20.5. The SMILES string of the molecule is COc1ccc(C(=O)N2CC(C)CC(C)C2)cc1S(=O)(=O)N1CCCCC1C. The van der Waals surface area contributed by atoms with Crippen LogP contribution in [0.25, 0.3) is 0 Å². The first-order chi connectivity index (χ1) is 13.2. The summed E-state index contributed by atoms with van der Waals surface area (Å²) < 4.78 is 33.6. The molecule has 1 aromatic carbocycles. The van der Waals surface area contributed by atoms with Crippen LogP contribution in [0.3, 0.4) is 0 Å². The summed E-state index contributed by atoms with van der Waals surface area (Å²) in [6, 6.07) is 4.73. The summed E-state index contributed by atoms with van der Waals surface area (Å²) in [6.07, 6.45) is 3.85. The Morgan fingerprint density at radius 1 is 1.11 bits per heavy atom. The molecule has 2 fully saturated rings. The minimum absolute atomic E-state index is 0.0494. The molecule has 3 atom stereocenters. The van der Waals surface area contributed by atoms with E-state index in [0.29, 0.717) is 37.0 Å². The number of hydrogen-bond acceptors (Lipinski definition) is 4. The highest BCUT2D eigenvalue weighted by Crippen LogP contribution is 2.32. The molecule has 1 aromatic rings. The molecule has 0 spiro atoms. The van der Waals surface area contributed by atoms with Gasteiger partial charge in [0.2, 0.25) is 10.0 Å². The molecule has 2 aliphatic rings. The van der Waals surface area contributed by atoms with Crippen LogP contribution < -0.4 is 4.74 Å². The monoisotopic (exact) mass is 408 g/mol. The molecule has 0 radical (unpaired) electrons. The Hall–Kier alpha value is -1.60. The number of likely N-dealkylation sites (tertiary alicyclic amines) is 1. The summed E-state index contributed by atoms with van der Waals surface area (Å²) >= 11 is 0. The minimum atomic E-state index is -3.72. The molecular formula is C21H32N2O4S. The van der Waals surface area contributed by atoms with Crippen molar-refractivity contribution in [2.24, 2.45) is 11.8 Å². The standard InChI is InChI=1S/C21H32N2O4S/c1-15-11-16(2)14-22(13-15)21(24)18-8-9-19(27-4)20(12-18)28(25,26)23-10-6-5-7-17(23)3/h8-9,12,15-17H,5-7,10-11,13-14H2,1-4H3. The lowest BCUT2D eigenvalue weighted by Crippen LogP contribution is -2.43. The van der Waals surface area contributed by atoms with Crippen molar-refractivity contribution >= 4 is 15.9 Å². The molecule has 0 N–H and O–H groups in total. The summed E-state index contributed by atoms with van der Waals surface area (Å²) in [4.78, 5) is 15.0. The maximum atomic E-state index is 13.4. The number of nitrogens with zero attached hydrogens (tertiary/aromatic N) is 2. The van der Waals surface area contributed by atoms with Crippen molar-refractivity contribution in [3.63, 3.8) is 0 Å². The largest absolute Gasteiger partial charge is 0.495 e. The Balaban J connectivity index is 1.95. The van der Waals surface area contributed by atoms with Gasteiger partial charge in [0.25, 0.3) is 5.91 Å². The fourth-order valence-electron chi connectivity index (χ4n) is 4.58. The topological polar surface area (TPSA) is 66.9 Å². The molecule has 2 saturated heterocycles. The Morgan fingerprint density at radius 3 is 2.39 bits per heavy atom. The second-order valence-electron chi connectivity index (χ2n) is 8.48. The van der Waals surface area contributed by atoms with E-state index < -0.39 is 10.0 Å². The lowest BCUT2D eigenvalue weighted by atomic mass is 9.91. The molecule has 2 aliphatic heterocycles. The molecule has 0 saturated carbocycles. The zero-order valence-electron chi connectivity index (χ0n) is 17.3. The number of piperidine rings is 2. The van der Waals surface area contributed by atoms with Gasteiger partial charge >= 0.3 is 0 Å². The average Bonchev–Trinajstić information content (AvgIpc) is 2.66. The van der Waals surface area contributed by atoms with Crippen LogP contribution in [0.15, 0.2) is 23.1 Å². The van der Waals surface area contributed by atoms with Gasteiger partial charge in [-0.2, -0.15) is 4.31 Å². The van der Waals surface area contributed by atoms with Crippen molar-refractivity contribution < 1.29 is 17.9 Å². The third-order valence-corrected chi connectivity index (χ3v) is 7.93. The third-order valence-electron chi connectivity index (χ3n) is 5.90. The van der Waals surface area contributed by atoms with E-state index in [9.17, 15) is 13.2 Å². The normalized spacial score (nSPS) is 26.9. The van der Waals surface area contributed by atoms with E-state index >= 15 is 0 Å². The number of methoxy groups -OCH3 is 1. The molecule has 3 rings (SSSR count). The molecule has 28 heavy (non-hydrogen) atoms. The van der Waals surface area contributed by atoms with Crippen LogP contribution in [-0.4, -0.2) is 56.3 Å². The summed E-state index contributed by atoms with van der Waals surface area (Å²) in [5.41, 5.74) is 0.408. The number of amides is 1. The Labute approximate surface area is 168 Å². The van der Waals surface area contributed by atoms with Gasteiger partial charge in [-0.15, -0.1) is 0 Å². The van der Waals surface area contributed by atoms with Crippen molar-refractivity contribution in [1.82, 2.24) is 9.21 Å². The van der Waals surface area contributed by atoms with Gasteiger partial charge in [-0.05, 0) is 56.2 Å². The van der Waals surface area contributed by atoms with E-state index in [1.54, 1.807) is 16.4 Å². The molecule has 0 aromatic heterocycles. The number of sulfonamides is 1. The molecule has 7 heteroatoms. The van der Waals surface area contributed by atoms with Gasteiger partial charge < -0.3 is 9.64 Å². The van der Waals surface area contributed by atoms with Crippen LogP contribution in [0.2, 0.25) is 0 Å². The van der Waals surface area contributed by atoms with Crippen LogP contribution >= 0.6 is 0 Å². The summed E-state index contributed by atoms with van der Waals surface area (Å²) in [6.45, 7) is 8.16. The second-order valence-corrected chi connectivity index (χ2v) is 10.3. The molecule has 2 heterocycles. The predicted octanol–water partition coefficient (Wildman–Crippen LogP) is 3.38. The van der Waals surface area contributed by atoms with Crippen molar-refractivity contribution in [2.45, 2.75) is 57.4 Å². The number of benzene rings is 1. The number of carbonyl (C=O) groups excluding carboxylic acids is 1. The van der Waals surface area contributed by atoms with Crippen molar-refractivity contribution in [3.05, 3.63) is 23.8 Å². The zero-order valence-corrected chi connectivity index (χ0v) is 18.2. The van der Waals surface area contributed by atoms with Crippen LogP contribution in [0.1, 0.15) is 56.8 Å². The van der Waals surface area contributed by atoms with E-state index in [1.165, 1.54) is 13.2 Å². The molecule has 0 aliphatic carbocycles. The summed E-state index contributed by atoms with van der Waals surface area (Å²) in [5, 5.41) is 0. The van der Waals surface area contributed by atoms with Gasteiger partial charge in [0.15, 0.2) is 0 Å². The molecule has 3 unspecified atom stereocenters. The quantitative estimate of drug-likeness (QED) is 0.766. The van der Waals surface area contributed by atoms with Gasteiger partial charge in [-0.1, -0.05) is 20.3 Å². The van der Waals surface area contributed by atoms with Gasteiger partial charge in [-0.3, -0.25) is 4.79 Å². The van der Waals surface area contributed by atoms with E-state index in [-0.39, 0.29) is 22.6 Å². The van der Waals surface area contributed by atoms with Gasteiger partial charge in [0.1, 0.15) is 10.6 Å². The smallest absolute Gasteiger partial charge is 0.253 e. The van der Waals surface area contributed by atoms with Crippen LogP contribution in [0.4, 0.5) is 0 Å². The lowest BCUT2D eigenvalue weighted by Gasteiger charge is -2.35. The predicted molar refractivity (Wildman–Crippen MR) is 109 cm³/mol. The van der Waals surface area contributed by atoms with Crippen LogP contribution in [0.5, 0.6) is 5.75 Å². The number of ether oxygens (including phenoxy) is 1. The molecule has 156 valence electrons. The van der Waals surface area contributed by atoms with Crippen molar-refractivity contribution in [1.29, 1.82) is 0 Å². The van der Waals surface area contributed by atoms with E-state index in [2.05, 4.69) is 13.8 Å².